The summed E-state index contributed by atoms with van der Waals surface area (Å²) in [5.41, 5.74) is 1.75. The quantitative estimate of drug-likeness (QED) is 0.130. The largest absolute Gasteiger partial charge is 0.472 e. The number of pyridine rings is 1. The van der Waals surface area contributed by atoms with Gasteiger partial charge in [-0.3, -0.25) is 0 Å². The molecule has 1 aromatic carbocycles. The van der Waals surface area contributed by atoms with E-state index in [-0.39, 0.29) is 35.3 Å². The number of hydrogen-bond donors (Lipinski definition) is 0. The zero-order valence-electron chi connectivity index (χ0n) is 31.0. The molecule has 0 radical (unpaired) electrons. The maximum atomic E-state index is 14.2. The minimum Gasteiger partial charge on any atom is -0.472 e. The maximum Gasteiger partial charge on any atom is 0.451 e. The number of carbonyl (C=O) groups excluding carboxylic acids is 1. The van der Waals surface area contributed by atoms with Crippen LogP contribution in [0.1, 0.15) is 84.7 Å². The van der Waals surface area contributed by atoms with Crippen molar-refractivity contribution in [1.29, 1.82) is 0 Å². The van der Waals surface area contributed by atoms with E-state index in [1.165, 1.54) is 12.0 Å². The zero-order chi connectivity index (χ0) is 37.6. The fraction of sp³-hybridized carbons (Fsp3) is 0.538. The number of fused-ring (bicyclic) bond motifs is 3. The Balaban J connectivity index is 1.41. The lowest BCUT2D eigenvalue weighted by Crippen LogP contribution is -2.38. The van der Waals surface area contributed by atoms with Gasteiger partial charge in [-0.25, -0.2) is 19.7 Å². The molecule has 2 saturated heterocycles. The maximum absolute atomic E-state index is 14.2. The van der Waals surface area contributed by atoms with E-state index in [1.54, 1.807) is 30.5 Å². The second-order valence-corrected chi connectivity index (χ2v) is 19.3. The minimum absolute atomic E-state index is 0.00672. The van der Waals surface area contributed by atoms with Crippen LogP contribution in [-0.4, -0.2) is 75.7 Å². The van der Waals surface area contributed by atoms with E-state index in [1.807, 2.05) is 0 Å². The number of halogens is 3. The van der Waals surface area contributed by atoms with E-state index in [0.717, 1.165) is 24.0 Å². The number of aromatic nitrogens is 3. The number of para-hydroxylation sites is 1. The molecule has 2 aliphatic rings. The van der Waals surface area contributed by atoms with E-state index < -0.39 is 40.1 Å². The normalized spacial score (nSPS) is 19.8. The number of furan rings is 1. The molecule has 2 fully saturated rings. The van der Waals surface area contributed by atoms with Gasteiger partial charge in [-0.1, -0.05) is 66.5 Å². The lowest BCUT2D eigenvalue weighted by molar-refractivity contribution is -0.144. The Morgan fingerprint density at radius 1 is 1.06 bits per heavy atom. The molecule has 6 rings (SSSR count). The molecule has 0 spiro atoms. The van der Waals surface area contributed by atoms with Crippen LogP contribution in [0.2, 0.25) is 0 Å². The van der Waals surface area contributed by atoms with E-state index in [0.29, 0.717) is 45.8 Å². The first-order valence-corrected chi connectivity index (χ1v) is 19.6. The van der Waals surface area contributed by atoms with Crippen LogP contribution in [0.5, 0.6) is 5.88 Å². The molecule has 0 unspecified atom stereocenters. The number of alkyl halides is 3. The molecule has 0 aliphatic carbocycles. The standard InChI is InChI=1S/C39H47F3N4O5S/c1-23(2)52(24(3)4,25(5)6)18-13-26-19-29(38(7)14-16-49-17-15-38)35(43-21-26)50-27-20-30(36(47)48-8)46(22-27)34-33-32(44-37(45-34)39(40,41)42)28-11-9-10-12-31(28)51-33/h9-12,19,21,23-25,27,30H,14-17,20,22H2,1-8H3/t27-,30-/m0/s1. The van der Waals surface area contributed by atoms with E-state index in [4.69, 9.17) is 23.6 Å². The van der Waals surface area contributed by atoms with Gasteiger partial charge in [0.05, 0.1) is 13.7 Å². The van der Waals surface area contributed by atoms with Gasteiger partial charge in [0.2, 0.25) is 11.7 Å². The Labute approximate surface area is 304 Å². The number of rotatable bonds is 8. The average Bonchev–Trinajstić information content (AvgIpc) is 3.69. The van der Waals surface area contributed by atoms with Gasteiger partial charge in [0.25, 0.3) is 0 Å². The summed E-state index contributed by atoms with van der Waals surface area (Å²) in [6.07, 6.45) is -2.17. The second kappa shape index (κ2) is 14.4. The summed E-state index contributed by atoms with van der Waals surface area (Å²) in [5, 5.41) is 5.39. The fourth-order valence-electron chi connectivity index (χ4n) is 7.80. The molecular weight excluding hydrogens is 694 g/mol. The van der Waals surface area contributed by atoms with Gasteiger partial charge in [0.1, 0.15) is 23.2 Å². The summed E-state index contributed by atoms with van der Waals surface area (Å²) >= 11 is 0. The van der Waals surface area contributed by atoms with Gasteiger partial charge in [-0.2, -0.15) is 23.2 Å². The smallest absolute Gasteiger partial charge is 0.451 e. The van der Waals surface area contributed by atoms with Crippen LogP contribution in [0, 0.1) is 11.2 Å². The lowest BCUT2D eigenvalue weighted by Gasteiger charge is -2.46. The summed E-state index contributed by atoms with van der Waals surface area (Å²) in [4.78, 5) is 27.3. The highest BCUT2D eigenvalue weighted by atomic mass is 32.3. The van der Waals surface area contributed by atoms with Crippen LogP contribution >= 0.6 is 10.0 Å². The molecule has 2 aliphatic heterocycles. The third-order valence-electron chi connectivity index (χ3n) is 10.6. The number of hydrogen-bond acceptors (Lipinski definition) is 9. The van der Waals surface area contributed by atoms with Crippen molar-refractivity contribution in [3.05, 3.63) is 53.5 Å². The summed E-state index contributed by atoms with van der Waals surface area (Å²) in [6.45, 7) is 16.9. The molecule has 0 N–H and O–H groups in total. The average molecular weight is 741 g/mol. The van der Waals surface area contributed by atoms with E-state index in [2.05, 4.69) is 75.7 Å². The predicted molar refractivity (Wildman–Crippen MR) is 198 cm³/mol. The Kier molecular flexibility index (Phi) is 10.5. The van der Waals surface area contributed by atoms with Gasteiger partial charge in [0, 0.05) is 47.8 Å². The molecule has 0 saturated carbocycles. The monoisotopic (exact) mass is 740 g/mol. The number of benzene rings is 1. The highest BCUT2D eigenvalue weighted by Crippen LogP contribution is 2.59. The van der Waals surface area contributed by atoms with Crippen molar-refractivity contribution in [2.45, 2.75) is 107 Å². The topological polar surface area (TPSA) is 99.8 Å². The fourth-order valence-corrected chi connectivity index (χ4v) is 12.1. The van der Waals surface area contributed by atoms with Crippen LogP contribution in [-0.2, 0) is 25.9 Å². The van der Waals surface area contributed by atoms with Crippen LogP contribution in [0.4, 0.5) is 19.0 Å². The number of carbonyl (C=O) groups is 1. The molecule has 0 amide bonds. The minimum atomic E-state index is -4.85. The van der Waals surface area contributed by atoms with Crippen LogP contribution < -0.4 is 9.64 Å². The molecule has 2 atom stereocenters. The number of nitrogens with zero attached hydrogens (tertiary/aromatic N) is 4. The molecule has 9 nitrogen and oxygen atoms in total. The van der Waals surface area contributed by atoms with Crippen LogP contribution in [0.3, 0.4) is 0 Å². The van der Waals surface area contributed by atoms with Crippen molar-refractivity contribution in [3.63, 3.8) is 0 Å². The number of anilines is 1. The summed E-state index contributed by atoms with van der Waals surface area (Å²) in [5.74, 6) is 1.78. The van der Waals surface area contributed by atoms with E-state index >= 15 is 0 Å². The van der Waals surface area contributed by atoms with Gasteiger partial charge in [0.15, 0.2) is 11.4 Å². The first kappa shape index (κ1) is 37.7. The highest BCUT2D eigenvalue weighted by molar-refractivity contribution is 8.38. The van der Waals surface area contributed by atoms with Gasteiger partial charge < -0.3 is 23.5 Å². The Bertz CT molecular complexity index is 1990. The first-order chi connectivity index (χ1) is 24.6. The molecule has 52 heavy (non-hydrogen) atoms. The Morgan fingerprint density at radius 3 is 2.37 bits per heavy atom. The summed E-state index contributed by atoms with van der Waals surface area (Å²) in [6, 6.07) is 7.76. The molecule has 3 aromatic heterocycles. The van der Waals surface area contributed by atoms with Crippen molar-refractivity contribution in [1.82, 2.24) is 15.0 Å². The third-order valence-corrected chi connectivity index (χ3v) is 15.7. The zero-order valence-corrected chi connectivity index (χ0v) is 31.8. The Hall–Kier alpha value is -4.02. The van der Waals surface area contributed by atoms with Gasteiger partial charge >= 0.3 is 12.1 Å². The molecular formula is C39H47F3N4O5S. The first-order valence-electron chi connectivity index (χ1n) is 17.8. The molecule has 280 valence electrons. The van der Waals surface area contributed by atoms with Gasteiger partial charge in [-0.15, -0.1) is 0 Å². The van der Waals surface area contributed by atoms with Crippen molar-refractivity contribution in [2.75, 3.05) is 31.8 Å². The second-order valence-electron chi connectivity index (χ2n) is 14.7. The van der Waals surface area contributed by atoms with Crippen molar-refractivity contribution >= 4 is 43.9 Å². The van der Waals surface area contributed by atoms with Crippen LogP contribution in [0.15, 0.2) is 40.9 Å². The number of ether oxygens (including phenoxy) is 3. The Morgan fingerprint density at radius 2 is 1.73 bits per heavy atom. The third kappa shape index (κ3) is 6.92. The SMILES string of the molecule is COC(=O)[C@@H]1C[C@H](Oc2ncc(C#CS(C(C)C)(C(C)C)C(C)C)cc2C2(C)CCOCC2)CN1c1nc(C(F)(F)F)nc2c1oc1ccccc12. The van der Waals surface area contributed by atoms with Gasteiger partial charge in [-0.05, 0) is 52.0 Å². The predicted octanol–water partition coefficient (Wildman–Crippen LogP) is 8.40. The van der Waals surface area contributed by atoms with Crippen LogP contribution in [0.25, 0.3) is 22.1 Å². The number of methoxy groups -OCH3 is 1. The summed E-state index contributed by atoms with van der Waals surface area (Å²) < 4.78 is 66.1. The van der Waals surface area contributed by atoms with E-state index in [9.17, 15) is 18.0 Å². The highest BCUT2D eigenvalue weighted by Gasteiger charge is 2.44. The van der Waals surface area contributed by atoms with Crippen molar-refractivity contribution < 1.29 is 36.6 Å². The van der Waals surface area contributed by atoms with Crippen molar-refractivity contribution in [3.8, 4) is 17.1 Å². The van der Waals surface area contributed by atoms with Crippen molar-refractivity contribution in [2.24, 2.45) is 0 Å². The molecule has 5 heterocycles. The number of esters is 1. The molecule has 13 heteroatoms. The lowest BCUT2D eigenvalue weighted by atomic mass is 9.76. The summed E-state index contributed by atoms with van der Waals surface area (Å²) in [7, 11) is -0.0480. The molecule has 0 bridgehead atoms. The molecule has 4 aromatic rings.